The van der Waals surface area contributed by atoms with Crippen molar-refractivity contribution >= 4 is 33.2 Å². The van der Waals surface area contributed by atoms with Gasteiger partial charge in [0.05, 0.1) is 15.2 Å². The number of hydrogen-bond acceptors (Lipinski definition) is 3. The average molecular weight is 269 g/mol. The van der Waals surface area contributed by atoms with Crippen LogP contribution in [0.3, 0.4) is 0 Å². The lowest BCUT2D eigenvalue weighted by molar-refractivity contribution is 0.570. The van der Waals surface area contributed by atoms with Gasteiger partial charge in [0.1, 0.15) is 0 Å². The van der Waals surface area contributed by atoms with Crippen LogP contribution >= 0.6 is 22.9 Å². The quantitative estimate of drug-likeness (QED) is 0.833. The topological polar surface area (TPSA) is 24.9 Å². The first kappa shape index (κ1) is 12.8. The van der Waals surface area contributed by atoms with Gasteiger partial charge in [0.15, 0.2) is 0 Å². The van der Waals surface area contributed by atoms with Crippen LogP contribution in [0.25, 0.3) is 10.2 Å². The Morgan fingerprint density at radius 1 is 1.41 bits per heavy atom. The molecule has 17 heavy (non-hydrogen) atoms. The van der Waals surface area contributed by atoms with Crippen LogP contribution in [0.15, 0.2) is 18.2 Å². The Morgan fingerprint density at radius 2 is 2.24 bits per heavy atom. The Balaban J connectivity index is 1.95. The predicted octanol–water partition coefficient (Wildman–Crippen LogP) is 3.88. The van der Waals surface area contributed by atoms with Crippen molar-refractivity contribution in [3.63, 3.8) is 0 Å². The van der Waals surface area contributed by atoms with Gasteiger partial charge in [0.2, 0.25) is 0 Å². The lowest BCUT2D eigenvalue weighted by Gasteiger charge is -2.05. The SMILES string of the molecule is CC(C)NCCCc1nc2ccc(Cl)cc2s1. The second kappa shape index (κ2) is 5.80. The number of halogens is 1. The van der Waals surface area contributed by atoms with Gasteiger partial charge in [-0.3, -0.25) is 0 Å². The molecule has 0 aliphatic rings. The molecule has 92 valence electrons. The van der Waals surface area contributed by atoms with Gasteiger partial charge in [-0.05, 0) is 31.2 Å². The third-order valence-electron chi connectivity index (χ3n) is 2.51. The van der Waals surface area contributed by atoms with Gasteiger partial charge in [-0.2, -0.15) is 0 Å². The highest BCUT2D eigenvalue weighted by Gasteiger charge is 2.04. The minimum absolute atomic E-state index is 0.559. The van der Waals surface area contributed by atoms with Crippen LogP contribution in [0.5, 0.6) is 0 Å². The van der Waals surface area contributed by atoms with E-state index < -0.39 is 0 Å². The van der Waals surface area contributed by atoms with Crippen molar-refractivity contribution in [3.8, 4) is 0 Å². The predicted molar refractivity (Wildman–Crippen MR) is 76.1 cm³/mol. The molecule has 2 aromatic rings. The molecule has 2 rings (SSSR count). The summed E-state index contributed by atoms with van der Waals surface area (Å²) in [4.78, 5) is 4.60. The van der Waals surface area contributed by atoms with Crippen molar-refractivity contribution < 1.29 is 0 Å². The summed E-state index contributed by atoms with van der Waals surface area (Å²) < 4.78 is 1.18. The molecule has 2 nitrogen and oxygen atoms in total. The van der Waals surface area contributed by atoms with Gasteiger partial charge in [-0.15, -0.1) is 11.3 Å². The molecule has 0 bridgehead atoms. The monoisotopic (exact) mass is 268 g/mol. The van der Waals surface area contributed by atoms with E-state index in [4.69, 9.17) is 11.6 Å². The molecule has 0 spiro atoms. The normalized spacial score (nSPS) is 11.5. The highest BCUT2D eigenvalue weighted by molar-refractivity contribution is 7.18. The zero-order valence-electron chi connectivity index (χ0n) is 10.2. The number of nitrogens with zero attached hydrogens (tertiary/aromatic N) is 1. The van der Waals surface area contributed by atoms with E-state index in [1.165, 1.54) is 9.71 Å². The van der Waals surface area contributed by atoms with Crippen LogP contribution in [-0.4, -0.2) is 17.6 Å². The standard InChI is InChI=1S/C13H17ClN2S/c1-9(2)15-7-3-4-13-16-11-6-5-10(14)8-12(11)17-13/h5-6,8-9,15H,3-4,7H2,1-2H3. The number of aryl methyl sites for hydroxylation is 1. The van der Waals surface area contributed by atoms with E-state index in [-0.39, 0.29) is 0 Å². The molecule has 0 amide bonds. The van der Waals surface area contributed by atoms with Crippen molar-refractivity contribution in [2.75, 3.05) is 6.54 Å². The minimum atomic E-state index is 0.559. The van der Waals surface area contributed by atoms with Gasteiger partial charge < -0.3 is 5.32 Å². The zero-order valence-corrected chi connectivity index (χ0v) is 11.7. The van der Waals surface area contributed by atoms with E-state index in [0.29, 0.717) is 6.04 Å². The number of rotatable bonds is 5. The maximum Gasteiger partial charge on any atom is 0.0939 e. The number of nitrogens with one attached hydrogen (secondary N) is 1. The van der Waals surface area contributed by atoms with E-state index in [0.717, 1.165) is 29.9 Å². The zero-order chi connectivity index (χ0) is 12.3. The molecule has 1 heterocycles. The number of aromatic nitrogens is 1. The summed E-state index contributed by atoms with van der Waals surface area (Å²) in [6.45, 7) is 5.38. The lowest BCUT2D eigenvalue weighted by Crippen LogP contribution is -2.23. The molecule has 1 N–H and O–H groups in total. The molecule has 0 aliphatic carbocycles. The molecule has 0 saturated heterocycles. The molecule has 1 aromatic heterocycles. The smallest absolute Gasteiger partial charge is 0.0939 e. The van der Waals surface area contributed by atoms with Crippen LogP contribution in [-0.2, 0) is 6.42 Å². The highest BCUT2D eigenvalue weighted by Crippen LogP contribution is 2.25. The number of hydrogen-bond donors (Lipinski definition) is 1. The van der Waals surface area contributed by atoms with Crippen LogP contribution < -0.4 is 5.32 Å². The van der Waals surface area contributed by atoms with Crippen molar-refractivity contribution in [3.05, 3.63) is 28.2 Å². The lowest BCUT2D eigenvalue weighted by atomic mass is 10.3. The Labute approximate surface area is 111 Å². The second-order valence-electron chi connectivity index (χ2n) is 4.43. The maximum absolute atomic E-state index is 5.96. The van der Waals surface area contributed by atoms with Gasteiger partial charge in [0.25, 0.3) is 0 Å². The van der Waals surface area contributed by atoms with E-state index in [1.54, 1.807) is 11.3 Å². The third kappa shape index (κ3) is 3.66. The van der Waals surface area contributed by atoms with Crippen molar-refractivity contribution in [2.45, 2.75) is 32.7 Å². The van der Waals surface area contributed by atoms with Crippen molar-refractivity contribution in [2.24, 2.45) is 0 Å². The molecule has 0 saturated carbocycles. The molecule has 4 heteroatoms. The third-order valence-corrected chi connectivity index (χ3v) is 3.83. The Kier molecular flexibility index (Phi) is 4.37. The fourth-order valence-electron chi connectivity index (χ4n) is 1.68. The Morgan fingerprint density at radius 3 is 3.00 bits per heavy atom. The van der Waals surface area contributed by atoms with E-state index in [9.17, 15) is 0 Å². The van der Waals surface area contributed by atoms with Crippen LogP contribution in [0, 0.1) is 0 Å². The fraction of sp³-hybridized carbons (Fsp3) is 0.462. The first-order valence-corrected chi connectivity index (χ1v) is 7.13. The van der Waals surface area contributed by atoms with Crippen LogP contribution in [0.1, 0.15) is 25.3 Å². The number of thiazole rings is 1. The molecule has 0 fully saturated rings. The summed E-state index contributed by atoms with van der Waals surface area (Å²) in [5, 5.41) is 5.40. The Hall–Kier alpha value is -0.640. The summed E-state index contributed by atoms with van der Waals surface area (Å²) in [6, 6.07) is 6.44. The van der Waals surface area contributed by atoms with Crippen molar-refractivity contribution in [1.82, 2.24) is 10.3 Å². The molecular formula is C13H17ClN2S. The maximum atomic E-state index is 5.96. The first-order chi connectivity index (χ1) is 8.15. The number of benzene rings is 1. The van der Waals surface area contributed by atoms with Gasteiger partial charge in [0, 0.05) is 17.5 Å². The van der Waals surface area contributed by atoms with Crippen LogP contribution in [0.4, 0.5) is 0 Å². The summed E-state index contributed by atoms with van der Waals surface area (Å²) >= 11 is 7.71. The highest BCUT2D eigenvalue weighted by atomic mass is 35.5. The molecule has 1 aromatic carbocycles. The second-order valence-corrected chi connectivity index (χ2v) is 5.98. The summed E-state index contributed by atoms with van der Waals surface area (Å²) in [6.07, 6.45) is 2.17. The summed E-state index contributed by atoms with van der Waals surface area (Å²) in [5.41, 5.74) is 1.06. The Bertz CT molecular complexity index is 493. The largest absolute Gasteiger partial charge is 0.315 e. The average Bonchev–Trinajstić information content (AvgIpc) is 2.66. The number of fused-ring (bicyclic) bond motifs is 1. The molecule has 0 radical (unpaired) electrons. The molecule has 0 aliphatic heterocycles. The molecule has 0 unspecified atom stereocenters. The van der Waals surface area contributed by atoms with Gasteiger partial charge >= 0.3 is 0 Å². The molecule has 0 atom stereocenters. The fourth-order valence-corrected chi connectivity index (χ4v) is 2.97. The van der Waals surface area contributed by atoms with E-state index in [2.05, 4.69) is 24.1 Å². The van der Waals surface area contributed by atoms with E-state index >= 15 is 0 Å². The summed E-state index contributed by atoms with van der Waals surface area (Å²) in [7, 11) is 0. The first-order valence-electron chi connectivity index (χ1n) is 5.93. The minimum Gasteiger partial charge on any atom is -0.315 e. The molecular weight excluding hydrogens is 252 g/mol. The van der Waals surface area contributed by atoms with Crippen molar-refractivity contribution in [1.29, 1.82) is 0 Å². The van der Waals surface area contributed by atoms with E-state index in [1.807, 2.05) is 18.2 Å². The van der Waals surface area contributed by atoms with Gasteiger partial charge in [-0.25, -0.2) is 4.98 Å². The summed E-state index contributed by atoms with van der Waals surface area (Å²) in [5.74, 6) is 0. The van der Waals surface area contributed by atoms with Gasteiger partial charge in [-0.1, -0.05) is 25.4 Å². The van der Waals surface area contributed by atoms with Crippen LogP contribution in [0.2, 0.25) is 5.02 Å².